The van der Waals surface area contributed by atoms with Gasteiger partial charge in [0.05, 0.1) is 21.9 Å². The number of alkyl halides is 1. The Labute approximate surface area is 127 Å². The number of rotatable bonds is 4. The van der Waals surface area contributed by atoms with Crippen molar-refractivity contribution in [3.63, 3.8) is 0 Å². The molecule has 2 nitrogen and oxygen atoms in total. The highest BCUT2D eigenvalue weighted by molar-refractivity contribution is 6.31. The normalized spacial score (nSPS) is 16.4. The van der Waals surface area contributed by atoms with Crippen LogP contribution in [0.25, 0.3) is 11.0 Å². The highest BCUT2D eigenvalue weighted by Crippen LogP contribution is 2.30. The van der Waals surface area contributed by atoms with E-state index in [1.54, 1.807) is 6.07 Å². The van der Waals surface area contributed by atoms with Crippen LogP contribution in [0.2, 0.25) is 5.02 Å². The minimum atomic E-state index is -0.401. The molecule has 1 aromatic heterocycles. The van der Waals surface area contributed by atoms with Crippen molar-refractivity contribution >= 4 is 34.2 Å². The predicted octanol–water partition coefficient (Wildman–Crippen LogP) is 5.15. The van der Waals surface area contributed by atoms with Crippen LogP contribution in [0.4, 0.5) is 4.39 Å². The van der Waals surface area contributed by atoms with Gasteiger partial charge in [0, 0.05) is 12.6 Å². The van der Waals surface area contributed by atoms with Gasteiger partial charge in [0.1, 0.15) is 11.6 Å². The van der Waals surface area contributed by atoms with E-state index in [1.165, 1.54) is 31.7 Å². The van der Waals surface area contributed by atoms with E-state index in [0.29, 0.717) is 5.88 Å². The molecule has 1 saturated carbocycles. The average Bonchev–Trinajstić information content (AvgIpc) is 3.05. The largest absolute Gasteiger partial charge is 0.327 e. The van der Waals surface area contributed by atoms with E-state index in [4.69, 9.17) is 23.2 Å². The molecule has 1 aliphatic carbocycles. The summed E-state index contributed by atoms with van der Waals surface area (Å²) < 4.78 is 15.7. The number of imidazole rings is 1. The number of halogens is 3. The Balaban J connectivity index is 1.92. The number of fused-ring (bicyclic) bond motifs is 1. The summed E-state index contributed by atoms with van der Waals surface area (Å²) in [6.45, 7) is 0.851. The molecule has 2 aromatic rings. The molecule has 20 heavy (non-hydrogen) atoms. The molecule has 0 saturated heterocycles. The maximum Gasteiger partial charge on any atom is 0.144 e. The Morgan fingerprint density at radius 1 is 1.30 bits per heavy atom. The van der Waals surface area contributed by atoms with Gasteiger partial charge in [-0.1, -0.05) is 37.3 Å². The summed E-state index contributed by atoms with van der Waals surface area (Å²) in [6.07, 6.45) is 6.40. The Morgan fingerprint density at radius 3 is 2.75 bits per heavy atom. The Bertz CT molecular complexity index is 618. The lowest BCUT2D eigenvalue weighted by Gasteiger charge is -2.12. The molecule has 0 amide bonds. The zero-order chi connectivity index (χ0) is 14.1. The van der Waals surface area contributed by atoms with Crippen molar-refractivity contribution in [2.75, 3.05) is 0 Å². The number of aryl methyl sites for hydroxylation is 1. The molecule has 0 atom stereocenters. The van der Waals surface area contributed by atoms with Crippen LogP contribution in [-0.4, -0.2) is 9.55 Å². The van der Waals surface area contributed by atoms with Crippen LogP contribution < -0.4 is 0 Å². The van der Waals surface area contributed by atoms with Crippen LogP contribution in [0, 0.1) is 11.7 Å². The fourth-order valence-corrected chi connectivity index (χ4v) is 3.49. The quantitative estimate of drug-likeness (QED) is 0.714. The second kappa shape index (κ2) is 5.90. The van der Waals surface area contributed by atoms with Crippen LogP contribution in [0.15, 0.2) is 12.1 Å². The van der Waals surface area contributed by atoms with E-state index in [0.717, 1.165) is 35.7 Å². The second-order valence-electron chi connectivity index (χ2n) is 5.51. The van der Waals surface area contributed by atoms with Crippen LogP contribution in [0.3, 0.4) is 0 Å². The smallest absolute Gasteiger partial charge is 0.144 e. The molecule has 0 radical (unpaired) electrons. The summed E-state index contributed by atoms with van der Waals surface area (Å²) in [7, 11) is 0. The van der Waals surface area contributed by atoms with Crippen molar-refractivity contribution in [3.8, 4) is 0 Å². The van der Waals surface area contributed by atoms with Gasteiger partial charge < -0.3 is 4.57 Å². The highest BCUT2D eigenvalue weighted by atomic mass is 35.5. The van der Waals surface area contributed by atoms with Crippen molar-refractivity contribution in [2.45, 2.75) is 44.5 Å². The van der Waals surface area contributed by atoms with E-state index in [-0.39, 0.29) is 5.02 Å². The lowest BCUT2D eigenvalue weighted by atomic mass is 10.0. The summed E-state index contributed by atoms with van der Waals surface area (Å²) >= 11 is 11.8. The summed E-state index contributed by atoms with van der Waals surface area (Å²) in [5, 5.41) is 0.110. The Hall–Kier alpha value is -0.800. The van der Waals surface area contributed by atoms with E-state index in [9.17, 15) is 4.39 Å². The van der Waals surface area contributed by atoms with Gasteiger partial charge in [0.25, 0.3) is 0 Å². The van der Waals surface area contributed by atoms with Gasteiger partial charge in [-0.05, 0) is 18.4 Å². The lowest BCUT2D eigenvalue weighted by molar-refractivity contribution is 0.458. The van der Waals surface area contributed by atoms with Crippen LogP contribution in [0.1, 0.15) is 37.9 Å². The zero-order valence-corrected chi connectivity index (χ0v) is 12.7. The third kappa shape index (κ3) is 2.66. The first-order valence-electron chi connectivity index (χ1n) is 7.09. The monoisotopic (exact) mass is 314 g/mol. The van der Waals surface area contributed by atoms with Crippen molar-refractivity contribution < 1.29 is 4.39 Å². The summed E-state index contributed by atoms with van der Waals surface area (Å²) in [4.78, 5) is 4.46. The van der Waals surface area contributed by atoms with Gasteiger partial charge in [-0.25, -0.2) is 9.37 Å². The maximum absolute atomic E-state index is 13.7. The van der Waals surface area contributed by atoms with Crippen molar-refractivity contribution in [1.82, 2.24) is 9.55 Å². The number of hydrogen-bond donors (Lipinski definition) is 0. The maximum atomic E-state index is 13.7. The fraction of sp³-hybridized carbons (Fsp3) is 0.533. The molecule has 5 heteroatoms. The molecule has 3 rings (SSSR count). The molecular weight excluding hydrogens is 298 g/mol. The van der Waals surface area contributed by atoms with Crippen LogP contribution in [-0.2, 0) is 12.4 Å². The number of aromatic nitrogens is 2. The Morgan fingerprint density at radius 2 is 2.05 bits per heavy atom. The van der Waals surface area contributed by atoms with Gasteiger partial charge >= 0.3 is 0 Å². The van der Waals surface area contributed by atoms with Crippen molar-refractivity contribution in [1.29, 1.82) is 0 Å². The first-order valence-corrected chi connectivity index (χ1v) is 8.00. The minimum absolute atomic E-state index is 0.110. The second-order valence-corrected chi connectivity index (χ2v) is 6.18. The lowest BCUT2D eigenvalue weighted by Crippen LogP contribution is -2.06. The third-order valence-corrected chi connectivity index (χ3v) is 4.75. The molecule has 0 aliphatic heterocycles. The van der Waals surface area contributed by atoms with E-state index in [1.807, 2.05) is 4.57 Å². The Kier molecular flexibility index (Phi) is 4.18. The predicted molar refractivity (Wildman–Crippen MR) is 80.8 cm³/mol. The van der Waals surface area contributed by atoms with Gasteiger partial charge in [0.2, 0.25) is 0 Å². The number of hydrogen-bond acceptors (Lipinski definition) is 1. The summed E-state index contributed by atoms with van der Waals surface area (Å²) in [5.74, 6) is 1.51. The van der Waals surface area contributed by atoms with E-state index >= 15 is 0 Å². The first-order chi connectivity index (χ1) is 9.69. The topological polar surface area (TPSA) is 17.8 Å². The van der Waals surface area contributed by atoms with Crippen molar-refractivity contribution in [3.05, 3.63) is 28.8 Å². The molecule has 0 N–H and O–H groups in total. The first kappa shape index (κ1) is 14.2. The molecular formula is C15H17Cl2FN2. The molecule has 0 bridgehead atoms. The van der Waals surface area contributed by atoms with Gasteiger partial charge in [-0.2, -0.15) is 0 Å². The van der Waals surface area contributed by atoms with Crippen LogP contribution in [0.5, 0.6) is 0 Å². The van der Waals surface area contributed by atoms with E-state index in [2.05, 4.69) is 4.98 Å². The third-order valence-electron chi connectivity index (χ3n) is 4.22. The highest BCUT2D eigenvalue weighted by Gasteiger charge is 2.17. The molecule has 0 unspecified atom stereocenters. The zero-order valence-electron chi connectivity index (χ0n) is 11.2. The summed E-state index contributed by atoms with van der Waals surface area (Å²) in [6, 6.07) is 3.05. The van der Waals surface area contributed by atoms with Gasteiger partial charge in [-0.15, -0.1) is 11.6 Å². The molecule has 0 spiro atoms. The van der Waals surface area contributed by atoms with Gasteiger partial charge in [-0.3, -0.25) is 0 Å². The average molecular weight is 315 g/mol. The molecule has 1 heterocycles. The molecule has 1 fully saturated rings. The molecule has 1 aromatic carbocycles. The SMILES string of the molecule is Fc1cc2c(cc1Cl)nc(CCl)n2CCC1CCCC1. The minimum Gasteiger partial charge on any atom is -0.327 e. The van der Waals surface area contributed by atoms with Crippen LogP contribution >= 0.6 is 23.2 Å². The van der Waals surface area contributed by atoms with E-state index < -0.39 is 5.82 Å². The number of benzene rings is 1. The van der Waals surface area contributed by atoms with Crippen molar-refractivity contribution in [2.24, 2.45) is 5.92 Å². The fourth-order valence-electron chi connectivity index (χ4n) is 3.13. The molecule has 108 valence electrons. The summed E-state index contributed by atoms with van der Waals surface area (Å²) in [5.41, 5.74) is 1.51. The molecule has 1 aliphatic rings. The number of nitrogens with zero attached hydrogens (tertiary/aromatic N) is 2. The van der Waals surface area contributed by atoms with Gasteiger partial charge in [0.15, 0.2) is 0 Å². The standard InChI is InChI=1S/C15H17Cl2FN2/c16-9-15-19-13-7-11(17)12(18)8-14(13)20(15)6-5-10-3-1-2-4-10/h7-8,10H,1-6,9H2.